The third-order valence-electron chi connectivity index (χ3n) is 3.28. The van der Waals surface area contributed by atoms with Crippen LogP contribution in [0.4, 0.5) is 5.69 Å². The van der Waals surface area contributed by atoms with Crippen LogP contribution in [0, 0.1) is 6.92 Å². The van der Waals surface area contributed by atoms with Gasteiger partial charge in [0, 0.05) is 6.54 Å². The van der Waals surface area contributed by atoms with Gasteiger partial charge >= 0.3 is 0 Å². The van der Waals surface area contributed by atoms with E-state index in [9.17, 15) is 9.59 Å². The molecule has 0 heterocycles. The molecule has 2 aromatic carbocycles. The molecule has 2 aromatic rings. The highest BCUT2D eigenvalue weighted by molar-refractivity contribution is 6.44. The highest BCUT2D eigenvalue weighted by Gasteiger charge is 2.12. The van der Waals surface area contributed by atoms with Gasteiger partial charge in [0.2, 0.25) is 11.8 Å². The van der Waals surface area contributed by atoms with Gasteiger partial charge in [0.1, 0.15) is 6.42 Å². The maximum atomic E-state index is 11.9. The number of carbonyl (C=O) groups excluding carboxylic acids is 2. The molecular formula is C17H16Cl2N2O2. The van der Waals surface area contributed by atoms with Crippen LogP contribution in [0.3, 0.4) is 0 Å². The first kappa shape index (κ1) is 17.3. The van der Waals surface area contributed by atoms with Crippen molar-refractivity contribution in [2.75, 3.05) is 5.32 Å². The molecule has 0 fully saturated rings. The highest BCUT2D eigenvalue weighted by atomic mass is 35.5. The summed E-state index contributed by atoms with van der Waals surface area (Å²) in [5.74, 6) is -0.805. The van der Waals surface area contributed by atoms with Gasteiger partial charge in [-0.15, -0.1) is 0 Å². The van der Waals surface area contributed by atoms with Crippen LogP contribution in [-0.2, 0) is 16.1 Å². The summed E-state index contributed by atoms with van der Waals surface area (Å²) >= 11 is 11.9. The predicted molar refractivity (Wildman–Crippen MR) is 92.7 cm³/mol. The molecule has 120 valence electrons. The largest absolute Gasteiger partial charge is 0.352 e. The first-order valence-corrected chi connectivity index (χ1v) is 7.78. The zero-order chi connectivity index (χ0) is 16.8. The fourth-order valence-corrected chi connectivity index (χ4v) is 2.35. The Hall–Kier alpha value is -2.04. The van der Waals surface area contributed by atoms with Crippen LogP contribution in [0.1, 0.15) is 17.5 Å². The lowest BCUT2D eigenvalue weighted by molar-refractivity contribution is -0.126. The molecule has 0 aliphatic carbocycles. The van der Waals surface area contributed by atoms with Gasteiger partial charge in [-0.05, 0) is 30.2 Å². The van der Waals surface area contributed by atoms with Gasteiger partial charge in [0.15, 0.2) is 0 Å². The maximum Gasteiger partial charge on any atom is 0.233 e. The van der Waals surface area contributed by atoms with E-state index in [4.69, 9.17) is 23.2 Å². The topological polar surface area (TPSA) is 58.2 Å². The summed E-state index contributed by atoms with van der Waals surface area (Å²) in [5, 5.41) is 5.89. The second-order valence-corrected chi connectivity index (χ2v) is 5.81. The van der Waals surface area contributed by atoms with Crippen LogP contribution in [-0.4, -0.2) is 11.8 Å². The minimum atomic E-state index is -0.448. The van der Waals surface area contributed by atoms with E-state index in [2.05, 4.69) is 10.6 Å². The van der Waals surface area contributed by atoms with Crippen molar-refractivity contribution in [2.45, 2.75) is 19.9 Å². The van der Waals surface area contributed by atoms with Crippen molar-refractivity contribution in [1.82, 2.24) is 5.32 Å². The lowest BCUT2D eigenvalue weighted by atomic mass is 10.1. The Morgan fingerprint density at radius 2 is 1.74 bits per heavy atom. The smallest absolute Gasteiger partial charge is 0.233 e. The average Bonchev–Trinajstić information content (AvgIpc) is 2.51. The van der Waals surface area contributed by atoms with Crippen molar-refractivity contribution in [1.29, 1.82) is 0 Å². The molecule has 0 aromatic heterocycles. The summed E-state index contributed by atoms with van der Waals surface area (Å²) < 4.78 is 0. The molecule has 0 saturated carbocycles. The molecule has 0 atom stereocenters. The number of benzene rings is 2. The zero-order valence-corrected chi connectivity index (χ0v) is 14.0. The van der Waals surface area contributed by atoms with E-state index in [1.54, 1.807) is 18.2 Å². The Balaban J connectivity index is 1.86. The molecule has 2 N–H and O–H groups in total. The fraction of sp³-hybridized carbons (Fsp3) is 0.176. The van der Waals surface area contributed by atoms with Crippen molar-refractivity contribution in [3.8, 4) is 0 Å². The molecule has 0 aliphatic heterocycles. The first-order chi connectivity index (χ1) is 11.0. The Bertz CT molecular complexity index is 732. The molecule has 4 nitrogen and oxygen atoms in total. The van der Waals surface area contributed by atoms with Gasteiger partial charge in [-0.1, -0.05) is 53.5 Å². The Labute approximate surface area is 144 Å². The SMILES string of the molecule is Cc1ccccc1CNC(=O)CC(=O)Nc1cccc(Cl)c1Cl. The number of hydrogen-bond acceptors (Lipinski definition) is 2. The molecule has 2 amide bonds. The molecule has 0 saturated heterocycles. The molecule has 0 unspecified atom stereocenters. The van der Waals surface area contributed by atoms with Gasteiger partial charge in [0.25, 0.3) is 0 Å². The standard InChI is InChI=1S/C17H16Cl2N2O2/c1-11-5-2-3-6-12(11)10-20-15(22)9-16(23)21-14-8-4-7-13(18)17(14)19/h2-8H,9-10H2,1H3,(H,20,22)(H,21,23). The minimum Gasteiger partial charge on any atom is -0.352 e. The van der Waals surface area contributed by atoms with E-state index in [1.165, 1.54) is 0 Å². The minimum absolute atomic E-state index is 0.253. The van der Waals surface area contributed by atoms with Crippen LogP contribution in [0.25, 0.3) is 0 Å². The normalized spacial score (nSPS) is 10.2. The van der Waals surface area contributed by atoms with E-state index in [0.29, 0.717) is 17.3 Å². The Morgan fingerprint density at radius 1 is 1.00 bits per heavy atom. The van der Waals surface area contributed by atoms with Crippen molar-refractivity contribution in [3.63, 3.8) is 0 Å². The first-order valence-electron chi connectivity index (χ1n) is 7.02. The molecule has 6 heteroatoms. The number of rotatable bonds is 5. The third kappa shape index (κ3) is 4.98. The number of anilines is 1. The van der Waals surface area contributed by atoms with Gasteiger partial charge in [-0.3, -0.25) is 9.59 Å². The van der Waals surface area contributed by atoms with Gasteiger partial charge in [-0.2, -0.15) is 0 Å². The molecule has 0 spiro atoms. The maximum absolute atomic E-state index is 11.9. The highest BCUT2D eigenvalue weighted by Crippen LogP contribution is 2.29. The summed E-state index contributed by atoms with van der Waals surface area (Å²) in [7, 11) is 0. The van der Waals surface area contributed by atoms with Gasteiger partial charge in [-0.25, -0.2) is 0 Å². The van der Waals surface area contributed by atoms with Gasteiger partial charge in [0.05, 0.1) is 15.7 Å². The molecule has 2 rings (SSSR count). The molecule has 0 bridgehead atoms. The summed E-state index contributed by atoms with van der Waals surface area (Å²) in [6.07, 6.45) is -0.283. The van der Waals surface area contributed by atoms with Crippen molar-refractivity contribution < 1.29 is 9.59 Å². The van der Waals surface area contributed by atoms with Gasteiger partial charge < -0.3 is 10.6 Å². The molecular weight excluding hydrogens is 335 g/mol. The second-order valence-electron chi connectivity index (χ2n) is 5.03. The molecule has 0 aliphatic rings. The lowest BCUT2D eigenvalue weighted by Crippen LogP contribution is -2.28. The van der Waals surface area contributed by atoms with E-state index >= 15 is 0 Å². The fourth-order valence-electron chi connectivity index (χ4n) is 2.01. The molecule has 0 radical (unpaired) electrons. The van der Waals surface area contributed by atoms with Crippen LogP contribution < -0.4 is 10.6 Å². The van der Waals surface area contributed by atoms with Crippen LogP contribution in [0.5, 0.6) is 0 Å². The summed E-state index contributed by atoms with van der Waals surface area (Å²) in [6.45, 7) is 2.35. The summed E-state index contributed by atoms with van der Waals surface area (Å²) in [5.41, 5.74) is 2.48. The lowest BCUT2D eigenvalue weighted by Gasteiger charge is -2.09. The van der Waals surface area contributed by atoms with Crippen LogP contribution in [0.15, 0.2) is 42.5 Å². The number of aryl methyl sites for hydroxylation is 1. The Kier molecular flexibility index (Phi) is 6.02. The summed E-state index contributed by atoms with van der Waals surface area (Å²) in [6, 6.07) is 12.6. The predicted octanol–water partition coefficient (Wildman–Crippen LogP) is 3.95. The number of carbonyl (C=O) groups is 2. The zero-order valence-electron chi connectivity index (χ0n) is 12.5. The quantitative estimate of drug-likeness (QED) is 0.802. The molecule has 23 heavy (non-hydrogen) atoms. The van der Waals surface area contributed by atoms with Crippen molar-refractivity contribution >= 4 is 40.7 Å². The number of hydrogen-bond donors (Lipinski definition) is 2. The number of nitrogens with one attached hydrogen (secondary N) is 2. The third-order valence-corrected chi connectivity index (χ3v) is 4.10. The van der Waals surface area contributed by atoms with E-state index < -0.39 is 5.91 Å². The van der Waals surface area contributed by atoms with E-state index in [-0.39, 0.29) is 17.4 Å². The summed E-state index contributed by atoms with van der Waals surface area (Å²) in [4.78, 5) is 23.7. The number of amides is 2. The van der Waals surface area contributed by atoms with Crippen molar-refractivity contribution in [3.05, 3.63) is 63.6 Å². The second kappa shape index (κ2) is 7.99. The van der Waals surface area contributed by atoms with E-state index in [1.807, 2.05) is 31.2 Å². The number of halogens is 2. The van der Waals surface area contributed by atoms with Crippen LogP contribution in [0.2, 0.25) is 10.0 Å². The monoisotopic (exact) mass is 350 g/mol. The Morgan fingerprint density at radius 3 is 2.48 bits per heavy atom. The van der Waals surface area contributed by atoms with Crippen LogP contribution >= 0.6 is 23.2 Å². The average molecular weight is 351 g/mol. The van der Waals surface area contributed by atoms with E-state index in [0.717, 1.165) is 11.1 Å². The van der Waals surface area contributed by atoms with Crippen molar-refractivity contribution in [2.24, 2.45) is 0 Å².